The molecule has 3 N–H and O–H groups in total. The molecular weight excluding hydrogens is 438 g/mol. The van der Waals surface area contributed by atoms with Gasteiger partial charge in [-0.3, -0.25) is 9.69 Å². The van der Waals surface area contributed by atoms with Gasteiger partial charge in [0.1, 0.15) is 11.9 Å². The number of hydrogen-bond acceptors (Lipinski definition) is 6. The first-order chi connectivity index (χ1) is 17.1. The molecule has 3 aliphatic rings. The zero-order chi connectivity index (χ0) is 24.5. The van der Waals surface area contributed by atoms with E-state index in [0.29, 0.717) is 0 Å². The number of pyridine rings is 1. The number of benzene rings is 1. The maximum absolute atomic E-state index is 11.6. The number of nitrogens with one attached hydrogen (secondary N) is 2. The van der Waals surface area contributed by atoms with Gasteiger partial charge in [-0.2, -0.15) is 0 Å². The Morgan fingerprint density at radius 1 is 1.11 bits per heavy atom. The fourth-order valence-corrected chi connectivity index (χ4v) is 4.68. The second-order valence-electron chi connectivity index (χ2n) is 9.56. The number of carboxylic acids is 1. The molecular formula is C28H39N5O2. The van der Waals surface area contributed by atoms with Gasteiger partial charge in [-0.15, -0.1) is 0 Å². The highest BCUT2D eigenvalue weighted by Gasteiger charge is 2.30. The number of anilines is 1. The number of fused-ring (bicyclic) bond motifs is 1. The van der Waals surface area contributed by atoms with Crippen molar-refractivity contribution in [2.45, 2.75) is 44.6 Å². The first kappa shape index (κ1) is 25.2. The Bertz CT molecular complexity index is 980. The molecule has 7 heteroatoms. The topological polar surface area (TPSA) is 80.7 Å². The third-order valence-electron chi connectivity index (χ3n) is 6.78. The largest absolute Gasteiger partial charge is 0.480 e. The van der Waals surface area contributed by atoms with E-state index >= 15 is 0 Å². The molecule has 1 atom stereocenters. The predicted octanol–water partition coefficient (Wildman–Crippen LogP) is 3.70. The lowest BCUT2D eigenvalue weighted by Gasteiger charge is -2.37. The minimum atomic E-state index is -0.759. The summed E-state index contributed by atoms with van der Waals surface area (Å²) in [5.74, 6) is 0.355. The van der Waals surface area contributed by atoms with Gasteiger partial charge in [-0.05, 0) is 75.5 Å². The molecule has 2 aromatic rings. The lowest BCUT2D eigenvalue weighted by Crippen LogP contribution is -2.47. The van der Waals surface area contributed by atoms with Crippen LogP contribution in [0.5, 0.6) is 0 Å². The van der Waals surface area contributed by atoms with Gasteiger partial charge < -0.3 is 20.6 Å². The Labute approximate surface area is 209 Å². The first-order valence-electron chi connectivity index (χ1n) is 13.0. The van der Waals surface area contributed by atoms with Crippen LogP contribution in [-0.4, -0.2) is 72.2 Å². The molecule has 35 heavy (non-hydrogen) atoms. The zero-order valence-electron chi connectivity index (χ0n) is 20.9. The zero-order valence-corrected chi connectivity index (χ0v) is 20.9. The number of hydrogen-bond donors (Lipinski definition) is 3. The predicted molar refractivity (Wildman–Crippen MR) is 141 cm³/mol. The average Bonchev–Trinajstić information content (AvgIpc) is 3.70. The van der Waals surface area contributed by atoms with Crippen LogP contribution in [0.2, 0.25) is 0 Å². The molecule has 5 rings (SSSR count). The third-order valence-corrected chi connectivity index (χ3v) is 6.78. The number of allylic oxidation sites excluding steroid dienone is 1. The molecule has 3 heterocycles. The highest BCUT2D eigenvalue weighted by molar-refractivity contribution is 5.75. The summed E-state index contributed by atoms with van der Waals surface area (Å²) in [5.41, 5.74) is 4.97. The normalized spacial score (nSPS) is 18.0. The lowest BCUT2D eigenvalue weighted by atomic mass is 10.0. The molecule has 7 nitrogen and oxygen atoms in total. The molecule has 1 saturated heterocycles. The highest BCUT2D eigenvalue weighted by atomic mass is 16.4. The standard InChI is InChI=1S/C16H20N2O2.C12H19N3/c19-16(20)15(14-4-2-1-3-5-14)18-10-8-17(9-11-18)12-13-6-7-13;1-13-8-3-5-11-7-6-10-4-2-9-14-12(10)15-11/h1-5,12,15H,6-11H2,(H,19,20);6-7,13H,2-5,8-9H2,1H3,(H,14,15). The minimum Gasteiger partial charge on any atom is -0.480 e. The van der Waals surface area contributed by atoms with E-state index in [9.17, 15) is 9.90 Å². The summed E-state index contributed by atoms with van der Waals surface area (Å²) in [7, 11) is 1.99. The number of carbonyl (C=O) groups is 1. The van der Waals surface area contributed by atoms with Crippen molar-refractivity contribution < 1.29 is 9.90 Å². The van der Waals surface area contributed by atoms with Gasteiger partial charge in [0, 0.05) is 38.4 Å². The van der Waals surface area contributed by atoms with E-state index in [0.717, 1.165) is 63.5 Å². The number of aliphatic carboxylic acids is 1. The van der Waals surface area contributed by atoms with E-state index in [-0.39, 0.29) is 0 Å². The maximum Gasteiger partial charge on any atom is 0.325 e. The number of aromatic nitrogens is 1. The highest BCUT2D eigenvalue weighted by Crippen LogP contribution is 2.29. The number of piperazine rings is 1. The fourth-order valence-electron chi connectivity index (χ4n) is 4.68. The van der Waals surface area contributed by atoms with Crippen molar-refractivity contribution in [3.8, 4) is 0 Å². The van der Waals surface area contributed by atoms with Crippen LogP contribution in [0.1, 0.15) is 48.5 Å². The van der Waals surface area contributed by atoms with E-state index in [1.807, 2.05) is 37.4 Å². The maximum atomic E-state index is 11.6. The molecule has 1 unspecified atom stereocenters. The second kappa shape index (κ2) is 12.7. The Hall–Kier alpha value is -2.90. The van der Waals surface area contributed by atoms with E-state index in [1.54, 1.807) is 0 Å². The van der Waals surface area contributed by atoms with Crippen LogP contribution in [0, 0.1) is 0 Å². The van der Waals surface area contributed by atoms with Crippen molar-refractivity contribution in [3.05, 3.63) is 71.1 Å². The SMILES string of the molecule is CNCCCc1ccc2c(n1)NCCC2.O=C(O)C(c1ccccc1)N1CCN(C=C2CC2)CC1. The molecule has 0 spiro atoms. The summed E-state index contributed by atoms with van der Waals surface area (Å²) in [6, 6.07) is 13.4. The third kappa shape index (κ3) is 7.54. The lowest BCUT2D eigenvalue weighted by molar-refractivity contribution is -0.144. The molecule has 1 saturated carbocycles. The van der Waals surface area contributed by atoms with E-state index < -0.39 is 12.0 Å². The van der Waals surface area contributed by atoms with Crippen molar-refractivity contribution >= 4 is 11.8 Å². The summed E-state index contributed by atoms with van der Waals surface area (Å²) in [5, 5.41) is 16.1. The van der Waals surface area contributed by atoms with Crippen molar-refractivity contribution in [1.29, 1.82) is 0 Å². The molecule has 1 aromatic heterocycles. The van der Waals surface area contributed by atoms with Gasteiger partial charge in [-0.1, -0.05) is 42.0 Å². The summed E-state index contributed by atoms with van der Waals surface area (Å²) >= 11 is 0. The monoisotopic (exact) mass is 477 g/mol. The van der Waals surface area contributed by atoms with Crippen molar-refractivity contribution in [3.63, 3.8) is 0 Å². The van der Waals surface area contributed by atoms with Crippen LogP contribution >= 0.6 is 0 Å². The fraction of sp³-hybridized carbons (Fsp3) is 0.500. The summed E-state index contributed by atoms with van der Waals surface area (Å²) in [6.45, 7) is 5.57. The number of carboxylic acid groups (broad SMARTS) is 1. The molecule has 1 aromatic carbocycles. The Balaban J connectivity index is 0.000000172. The van der Waals surface area contributed by atoms with Gasteiger partial charge in [0.15, 0.2) is 0 Å². The summed E-state index contributed by atoms with van der Waals surface area (Å²) < 4.78 is 0. The van der Waals surface area contributed by atoms with Crippen LogP contribution in [0.3, 0.4) is 0 Å². The summed E-state index contributed by atoms with van der Waals surface area (Å²) in [4.78, 5) is 20.6. The molecule has 188 valence electrons. The minimum absolute atomic E-state index is 0.521. The van der Waals surface area contributed by atoms with Crippen LogP contribution in [-0.2, 0) is 17.6 Å². The van der Waals surface area contributed by atoms with Gasteiger partial charge in [-0.25, -0.2) is 4.98 Å². The molecule has 2 fully saturated rings. The number of nitrogens with zero attached hydrogens (tertiary/aromatic N) is 3. The molecule has 0 radical (unpaired) electrons. The van der Waals surface area contributed by atoms with Crippen LogP contribution in [0.25, 0.3) is 0 Å². The van der Waals surface area contributed by atoms with Gasteiger partial charge in [0.05, 0.1) is 0 Å². The van der Waals surface area contributed by atoms with Gasteiger partial charge in [0.25, 0.3) is 0 Å². The van der Waals surface area contributed by atoms with Crippen LogP contribution in [0.15, 0.2) is 54.2 Å². The van der Waals surface area contributed by atoms with Crippen molar-refractivity contribution in [2.24, 2.45) is 0 Å². The number of rotatable bonds is 8. The Morgan fingerprint density at radius 2 is 1.89 bits per heavy atom. The molecule has 1 aliphatic carbocycles. The van der Waals surface area contributed by atoms with Crippen LogP contribution in [0.4, 0.5) is 5.82 Å². The summed E-state index contributed by atoms with van der Waals surface area (Å²) in [6.07, 6.45) is 9.36. The quantitative estimate of drug-likeness (QED) is 0.500. The molecule has 0 bridgehead atoms. The smallest absolute Gasteiger partial charge is 0.325 e. The van der Waals surface area contributed by atoms with Crippen molar-refractivity contribution in [1.82, 2.24) is 20.1 Å². The number of aryl methyl sites for hydroxylation is 2. The van der Waals surface area contributed by atoms with Crippen molar-refractivity contribution in [2.75, 3.05) is 51.6 Å². The van der Waals surface area contributed by atoms with Gasteiger partial charge in [0.2, 0.25) is 0 Å². The van der Waals surface area contributed by atoms with Gasteiger partial charge >= 0.3 is 5.97 Å². The average molecular weight is 478 g/mol. The van der Waals surface area contributed by atoms with Crippen LogP contribution < -0.4 is 10.6 Å². The Morgan fingerprint density at radius 3 is 2.57 bits per heavy atom. The van der Waals surface area contributed by atoms with E-state index in [4.69, 9.17) is 0 Å². The van der Waals surface area contributed by atoms with E-state index in [1.165, 1.54) is 42.5 Å². The molecule has 0 amide bonds. The molecule has 2 aliphatic heterocycles. The Kier molecular flexibility index (Phi) is 9.15. The second-order valence-corrected chi connectivity index (χ2v) is 9.56. The first-order valence-corrected chi connectivity index (χ1v) is 13.0. The van der Waals surface area contributed by atoms with E-state index in [2.05, 4.69) is 43.8 Å².